The van der Waals surface area contributed by atoms with E-state index in [-0.39, 0.29) is 17.8 Å². The number of ether oxygens (including phenoxy) is 4. The highest BCUT2D eigenvalue weighted by Crippen LogP contribution is 2.31. The molecule has 1 amide bonds. The maximum Gasteiger partial charge on any atom is 0.222 e. The Balaban J connectivity index is 1.46. The van der Waals surface area contributed by atoms with Gasteiger partial charge >= 0.3 is 0 Å². The Morgan fingerprint density at radius 1 is 1.13 bits per heavy atom. The highest BCUT2D eigenvalue weighted by Gasteiger charge is 2.24. The molecular weight excluding hydrogens is 398 g/mol. The van der Waals surface area contributed by atoms with Crippen LogP contribution in [-0.2, 0) is 4.79 Å². The minimum Gasteiger partial charge on any atom is -0.493 e. The van der Waals surface area contributed by atoms with Crippen LogP contribution in [-0.4, -0.2) is 56.1 Å². The topological polar surface area (TPSA) is 74.3 Å². The molecule has 2 aromatic rings. The van der Waals surface area contributed by atoms with Crippen molar-refractivity contribution in [2.75, 3.05) is 33.4 Å². The quantitative estimate of drug-likeness (QED) is 0.425. The number of ketones is 1. The van der Waals surface area contributed by atoms with Gasteiger partial charge in [0, 0.05) is 18.5 Å². The summed E-state index contributed by atoms with van der Waals surface area (Å²) in [6.45, 7) is 5.32. The summed E-state index contributed by atoms with van der Waals surface area (Å²) in [5.74, 6) is 2.51. The van der Waals surface area contributed by atoms with Crippen LogP contribution in [0.15, 0.2) is 42.5 Å². The van der Waals surface area contributed by atoms with Crippen LogP contribution in [0.25, 0.3) is 0 Å². The predicted octanol–water partition coefficient (Wildman–Crippen LogP) is 3.75. The maximum absolute atomic E-state index is 12.7. The second kappa shape index (κ2) is 10.7. The largest absolute Gasteiger partial charge is 0.493 e. The minimum absolute atomic E-state index is 0.0362. The van der Waals surface area contributed by atoms with Gasteiger partial charge in [-0.3, -0.25) is 9.59 Å². The molecule has 0 saturated heterocycles. The van der Waals surface area contributed by atoms with Gasteiger partial charge in [0.25, 0.3) is 0 Å². The van der Waals surface area contributed by atoms with Crippen molar-refractivity contribution in [3.8, 4) is 23.0 Å². The van der Waals surface area contributed by atoms with E-state index in [9.17, 15) is 9.59 Å². The van der Waals surface area contributed by atoms with E-state index < -0.39 is 0 Å². The number of methoxy groups -OCH3 is 1. The molecule has 2 aromatic carbocycles. The minimum atomic E-state index is -0.195. The number of hydrogen-bond acceptors (Lipinski definition) is 6. The van der Waals surface area contributed by atoms with Crippen molar-refractivity contribution in [2.45, 2.75) is 32.8 Å². The van der Waals surface area contributed by atoms with Gasteiger partial charge in [-0.1, -0.05) is 12.1 Å². The van der Waals surface area contributed by atoms with Crippen LogP contribution in [0.1, 0.15) is 37.0 Å². The summed E-state index contributed by atoms with van der Waals surface area (Å²) in [6.07, 6.45) is 0.739. The summed E-state index contributed by atoms with van der Waals surface area (Å²) < 4.78 is 22.8. The van der Waals surface area contributed by atoms with Crippen molar-refractivity contribution in [1.82, 2.24) is 4.90 Å². The normalized spacial score (nSPS) is 14.6. The fourth-order valence-electron chi connectivity index (χ4n) is 3.38. The molecule has 0 aliphatic carbocycles. The van der Waals surface area contributed by atoms with Gasteiger partial charge in [0.1, 0.15) is 6.61 Å². The number of benzene rings is 2. The Labute approximate surface area is 182 Å². The van der Waals surface area contributed by atoms with Gasteiger partial charge in [0.05, 0.1) is 20.3 Å². The molecule has 1 unspecified atom stereocenters. The predicted molar refractivity (Wildman–Crippen MR) is 116 cm³/mol. The lowest BCUT2D eigenvalue weighted by molar-refractivity contribution is -0.132. The molecule has 0 spiro atoms. The number of amides is 1. The SMILES string of the molecule is CCN(CC1COc2ccccc2O1)C(=O)CCCOc1ccc(C(C)=O)cc1OC. The molecule has 1 atom stereocenters. The number of Topliss-reactive ketones (excluding diaryl/α,β-unsaturated/α-hetero) is 1. The van der Waals surface area contributed by atoms with E-state index in [4.69, 9.17) is 18.9 Å². The number of para-hydroxylation sites is 2. The molecule has 1 aliphatic rings. The summed E-state index contributed by atoms with van der Waals surface area (Å²) in [7, 11) is 1.53. The third-order valence-electron chi connectivity index (χ3n) is 5.09. The summed E-state index contributed by atoms with van der Waals surface area (Å²) >= 11 is 0. The van der Waals surface area contributed by atoms with Crippen LogP contribution in [0, 0.1) is 0 Å². The third-order valence-corrected chi connectivity index (χ3v) is 5.09. The zero-order valence-corrected chi connectivity index (χ0v) is 18.3. The van der Waals surface area contributed by atoms with Crippen LogP contribution in [0.5, 0.6) is 23.0 Å². The average molecular weight is 427 g/mol. The van der Waals surface area contributed by atoms with Crippen LogP contribution < -0.4 is 18.9 Å². The molecule has 0 aromatic heterocycles. The maximum atomic E-state index is 12.7. The number of hydrogen-bond donors (Lipinski definition) is 0. The number of carbonyl (C=O) groups excluding carboxylic acids is 2. The van der Waals surface area contributed by atoms with Gasteiger partial charge in [-0.25, -0.2) is 0 Å². The Hall–Kier alpha value is -3.22. The van der Waals surface area contributed by atoms with Gasteiger partial charge in [-0.2, -0.15) is 0 Å². The highest BCUT2D eigenvalue weighted by molar-refractivity contribution is 5.94. The summed E-state index contributed by atoms with van der Waals surface area (Å²) in [4.78, 5) is 25.9. The molecule has 3 rings (SSSR count). The molecule has 7 nitrogen and oxygen atoms in total. The molecule has 0 saturated carbocycles. The van der Waals surface area contributed by atoms with E-state index in [1.165, 1.54) is 14.0 Å². The van der Waals surface area contributed by atoms with Crippen molar-refractivity contribution >= 4 is 11.7 Å². The molecule has 0 N–H and O–H groups in total. The lowest BCUT2D eigenvalue weighted by Crippen LogP contribution is -2.43. The zero-order valence-electron chi connectivity index (χ0n) is 18.3. The van der Waals surface area contributed by atoms with Gasteiger partial charge < -0.3 is 23.8 Å². The Morgan fingerprint density at radius 3 is 2.61 bits per heavy atom. The summed E-state index contributed by atoms with van der Waals surface area (Å²) in [6, 6.07) is 12.6. The van der Waals surface area contributed by atoms with E-state index in [2.05, 4.69) is 0 Å². The molecule has 7 heteroatoms. The molecule has 0 fully saturated rings. The molecule has 1 heterocycles. The Bertz CT molecular complexity index is 913. The van der Waals surface area contributed by atoms with E-state index in [1.807, 2.05) is 31.2 Å². The second-order valence-corrected chi connectivity index (χ2v) is 7.30. The van der Waals surface area contributed by atoms with Crippen molar-refractivity contribution < 1.29 is 28.5 Å². The number of nitrogens with zero attached hydrogens (tertiary/aromatic N) is 1. The van der Waals surface area contributed by atoms with Crippen molar-refractivity contribution in [3.05, 3.63) is 48.0 Å². The van der Waals surface area contributed by atoms with Gasteiger partial charge in [0.2, 0.25) is 5.91 Å². The highest BCUT2D eigenvalue weighted by atomic mass is 16.6. The summed E-state index contributed by atoms with van der Waals surface area (Å²) in [5.41, 5.74) is 0.564. The zero-order chi connectivity index (χ0) is 22.2. The van der Waals surface area contributed by atoms with E-state index in [0.29, 0.717) is 62.0 Å². The first-order chi connectivity index (χ1) is 15.0. The van der Waals surface area contributed by atoms with Crippen molar-refractivity contribution in [1.29, 1.82) is 0 Å². The summed E-state index contributed by atoms with van der Waals surface area (Å²) in [5, 5.41) is 0. The lowest BCUT2D eigenvalue weighted by atomic mass is 10.1. The van der Waals surface area contributed by atoms with E-state index in [0.717, 1.165) is 5.75 Å². The molecule has 1 aliphatic heterocycles. The van der Waals surface area contributed by atoms with Crippen LogP contribution in [0.4, 0.5) is 0 Å². The lowest BCUT2D eigenvalue weighted by Gasteiger charge is -2.31. The standard InChI is InChI=1S/C24H29NO6/c1-4-25(15-19-16-30-20-8-5-6-9-22(20)31-19)24(27)10-7-13-29-21-12-11-18(17(2)26)14-23(21)28-3/h5-6,8-9,11-12,14,19H,4,7,10,13,15-16H2,1-3H3. The number of likely N-dealkylation sites (N-methyl/N-ethyl adjacent to an activating group) is 1. The fraction of sp³-hybridized carbons (Fsp3) is 0.417. The van der Waals surface area contributed by atoms with E-state index in [1.54, 1.807) is 23.1 Å². The number of fused-ring (bicyclic) bond motifs is 1. The van der Waals surface area contributed by atoms with Gasteiger partial charge in [-0.05, 0) is 50.6 Å². The number of carbonyl (C=O) groups is 2. The monoisotopic (exact) mass is 427 g/mol. The van der Waals surface area contributed by atoms with Gasteiger partial charge in [0.15, 0.2) is 34.9 Å². The Morgan fingerprint density at radius 2 is 1.90 bits per heavy atom. The fourth-order valence-corrected chi connectivity index (χ4v) is 3.38. The van der Waals surface area contributed by atoms with Crippen LogP contribution in [0.3, 0.4) is 0 Å². The van der Waals surface area contributed by atoms with Crippen LogP contribution in [0.2, 0.25) is 0 Å². The number of rotatable bonds is 10. The average Bonchev–Trinajstić information content (AvgIpc) is 2.79. The van der Waals surface area contributed by atoms with E-state index >= 15 is 0 Å². The Kier molecular flexibility index (Phi) is 7.76. The molecule has 31 heavy (non-hydrogen) atoms. The second-order valence-electron chi connectivity index (χ2n) is 7.30. The van der Waals surface area contributed by atoms with Gasteiger partial charge in [-0.15, -0.1) is 0 Å². The first kappa shape index (κ1) is 22.5. The first-order valence-corrected chi connectivity index (χ1v) is 10.5. The smallest absolute Gasteiger partial charge is 0.222 e. The molecule has 166 valence electrons. The van der Waals surface area contributed by atoms with Crippen molar-refractivity contribution in [3.63, 3.8) is 0 Å². The van der Waals surface area contributed by atoms with Crippen LogP contribution >= 0.6 is 0 Å². The molecular formula is C24H29NO6. The van der Waals surface area contributed by atoms with Crippen molar-refractivity contribution in [2.24, 2.45) is 0 Å². The molecule has 0 radical (unpaired) electrons. The first-order valence-electron chi connectivity index (χ1n) is 10.5. The third kappa shape index (κ3) is 5.90. The molecule has 0 bridgehead atoms.